The highest BCUT2D eigenvalue weighted by atomic mass is 32.1. The van der Waals surface area contributed by atoms with Crippen molar-refractivity contribution in [2.45, 2.75) is 26.3 Å². The van der Waals surface area contributed by atoms with Crippen molar-refractivity contribution in [3.8, 4) is 22.1 Å². The number of para-hydroxylation sites is 1. The molecule has 0 radical (unpaired) electrons. The van der Waals surface area contributed by atoms with Gasteiger partial charge in [-0.1, -0.05) is 50.2 Å². The summed E-state index contributed by atoms with van der Waals surface area (Å²) in [5.41, 5.74) is 3.63. The molecule has 1 aromatic heterocycles. The first-order valence-corrected chi connectivity index (χ1v) is 10.3. The van der Waals surface area contributed by atoms with Crippen LogP contribution in [0.5, 0.6) is 11.5 Å². The van der Waals surface area contributed by atoms with Gasteiger partial charge in [0.15, 0.2) is 11.5 Å². The van der Waals surface area contributed by atoms with Crippen LogP contribution in [0, 0.1) is 0 Å². The van der Waals surface area contributed by atoms with E-state index in [0.717, 1.165) is 16.1 Å². The molecule has 0 fully saturated rings. The van der Waals surface area contributed by atoms with E-state index >= 15 is 0 Å². The Bertz CT molecular complexity index is 980. The largest absolute Gasteiger partial charge is 0.493 e. The summed E-state index contributed by atoms with van der Waals surface area (Å²) >= 11 is 1.48. The zero-order valence-corrected chi connectivity index (χ0v) is 18.2. The van der Waals surface area contributed by atoms with Crippen LogP contribution in [0.25, 0.3) is 10.6 Å². The number of hydrogen-bond acceptors (Lipinski definition) is 5. The van der Waals surface area contributed by atoms with Crippen molar-refractivity contribution in [2.75, 3.05) is 21.3 Å². The Morgan fingerprint density at radius 2 is 1.83 bits per heavy atom. The van der Waals surface area contributed by atoms with Crippen LogP contribution in [0.15, 0.2) is 47.8 Å². The second-order valence-electron chi connectivity index (χ2n) is 7.13. The molecule has 0 aliphatic heterocycles. The number of aromatic nitrogens is 1. The lowest BCUT2D eigenvalue weighted by molar-refractivity contribution is 0.0779. The number of nitrogens with zero attached hydrogens (tertiary/aromatic N) is 2. The zero-order valence-electron chi connectivity index (χ0n) is 17.4. The number of carbonyl (C=O) groups is 1. The third-order valence-electron chi connectivity index (χ3n) is 4.79. The first kappa shape index (κ1) is 20.9. The van der Waals surface area contributed by atoms with Crippen LogP contribution in [0.4, 0.5) is 0 Å². The molecule has 152 valence electrons. The summed E-state index contributed by atoms with van der Waals surface area (Å²) in [4.78, 5) is 19.1. The minimum Gasteiger partial charge on any atom is -0.493 e. The predicted molar refractivity (Wildman–Crippen MR) is 117 cm³/mol. The molecule has 0 atom stereocenters. The zero-order chi connectivity index (χ0) is 21.0. The molecule has 1 heterocycles. The van der Waals surface area contributed by atoms with E-state index in [9.17, 15) is 4.79 Å². The van der Waals surface area contributed by atoms with Crippen molar-refractivity contribution >= 4 is 17.2 Å². The van der Waals surface area contributed by atoms with E-state index in [1.165, 1.54) is 16.9 Å². The van der Waals surface area contributed by atoms with Gasteiger partial charge in [-0.15, -0.1) is 11.3 Å². The van der Waals surface area contributed by atoms with Crippen molar-refractivity contribution in [2.24, 2.45) is 0 Å². The van der Waals surface area contributed by atoms with E-state index in [1.54, 1.807) is 26.2 Å². The van der Waals surface area contributed by atoms with E-state index in [1.807, 2.05) is 23.6 Å². The molecule has 0 spiro atoms. The van der Waals surface area contributed by atoms with Crippen LogP contribution in [0.2, 0.25) is 0 Å². The number of benzene rings is 2. The molecular weight excluding hydrogens is 384 g/mol. The Balaban J connectivity index is 1.76. The van der Waals surface area contributed by atoms with Gasteiger partial charge in [0.05, 0.1) is 14.2 Å². The van der Waals surface area contributed by atoms with Gasteiger partial charge >= 0.3 is 0 Å². The Morgan fingerprint density at radius 1 is 1.10 bits per heavy atom. The smallest absolute Gasteiger partial charge is 0.273 e. The molecule has 0 saturated heterocycles. The molecule has 0 aliphatic carbocycles. The summed E-state index contributed by atoms with van der Waals surface area (Å²) in [5.74, 6) is 1.64. The fourth-order valence-electron chi connectivity index (χ4n) is 3.12. The number of amides is 1. The van der Waals surface area contributed by atoms with Crippen LogP contribution >= 0.6 is 11.3 Å². The molecule has 6 heteroatoms. The highest BCUT2D eigenvalue weighted by molar-refractivity contribution is 7.13. The van der Waals surface area contributed by atoms with Crippen molar-refractivity contribution in [3.05, 3.63) is 64.7 Å². The molecule has 5 nitrogen and oxygen atoms in total. The first-order valence-electron chi connectivity index (χ1n) is 9.45. The van der Waals surface area contributed by atoms with Crippen LogP contribution in [-0.2, 0) is 6.54 Å². The summed E-state index contributed by atoms with van der Waals surface area (Å²) < 4.78 is 10.8. The van der Waals surface area contributed by atoms with E-state index in [2.05, 4.69) is 43.1 Å². The van der Waals surface area contributed by atoms with Crippen LogP contribution < -0.4 is 9.47 Å². The number of ether oxygens (including phenoxy) is 2. The van der Waals surface area contributed by atoms with Crippen molar-refractivity contribution in [1.82, 2.24) is 9.88 Å². The molecule has 29 heavy (non-hydrogen) atoms. The summed E-state index contributed by atoms with van der Waals surface area (Å²) in [6.07, 6.45) is 0. The van der Waals surface area contributed by atoms with Gasteiger partial charge in [0.2, 0.25) is 0 Å². The van der Waals surface area contributed by atoms with E-state index in [0.29, 0.717) is 29.7 Å². The number of methoxy groups -OCH3 is 2. The van der Waals surface area contributed by atoms with Gasteiger partial charge in [-0.25, -0.2) is 4.98 Å². The lowest BCUT2D eigenvalue weighted by Crippen LogP contribution is -2.26. The second kappa shape index (κ2) is 9.09. The van der Waals surface area contributed by atoms with Crippen molar-refractivity contribution < 1.29 is 14.3 Å². The van der Waals surface area contributed by atoms with Gasteiger partial charge in [-0.2, -0.15) is 0 Å². The maximum absolute atomic E-state index is 12.9. The topological polar surface area (TPSA) is 51.7 Å². The third-order valence-corrected chi connectivity index (χ3v) is 5.68. The van der Waals surface area contributed by atoms with Gasteiger partial charge in [0.25, 0.3) is 5.91 Å². The third kappa shape index (κ3) is 4.59. The molecule has 1 amide bonds. The standard InChI is InChI=1S/C23H26N2O3S/c1-15(2)16-9-11-17(12-10-16)22-24-19(14-29-22)23(26)25(3)13-18-7-6-8-20(27-4)21(18)28-5/h6-12,14-15H,13H2,1-5H3. The average Bonchev–Trinajstić information content (AvgIpc) is 3.23. The summed E-state index contributed by atoms with van der Waals surface area (Å²) in [5, 5.41) is 2.66. The van der Waals surface area contributed by atoms with Gasteiger partial charge in [-0.3, -0.25) is 4.79 Å². The first-order chi connectivity index (χ1) is 13.9. The number of thiazole rings is 1. The van der Waals surface area contributed by atoms with Crippen molar-refractivity contribution in [3.63, 3.8) is 0 Å². The molecule has 0 unspecified atom stereocenters. The van der Waals surface area contributed by atoms with Crippen LogP contribution in [0.1, 0.15) is 41.4 Å². The minimum absolute atomic E-state index is 0.129. The summed E-state index contributed by atoms with van der Waals surface area (Å²) in [7, 11) is 4.96. The normalized spacial score (nSPS) is 10.8. The monoisotopic (exact) mass is 410 g/mol. The van der Waals surface area contributed by atoms with Gasteiger partial charge < -0.3 is 14.4 Å². The lowest BCUT2D eigenvalue weighted by Gasteiger charge is -2.19. The Morgan fingerprint density at radius 3 is 2.45 bits per heavy atom. The fourth-order valence-corrected chi connectivity index (χ4v) is 3.92. The van der Waals surface area contributed by atoms with E-state index in [4.69, 9.17) is 9.47 Å². The molecular formula is C23H26N2O3S. The molecule has 3 rings (SSSR count). The molecule has 0 N–H and O–H groups in total. The maximum Gasteiger partial charge on any atom is 0.273 e. The molecule has 3 aromatic rings. The van der Waals surface area contributed by atoms with Gasteiger partial charge in [0, 0.05) is 30.1 Å². The average molecular weight is 411 g/mol. The number of hydrogen-bond donors (Lipinski definition) is 0. The Hall–Kier alpha value is -2.86. The summed E-state index contributed by atoms with van der Waals surface area (Å²) in [6.45, 7) is 4.74. The number of carbonyl (C=O) groups excluding carboxylic acids is 1. The molecule has 0 saturated carbocycles. The predicted octanol–water partition coefficient (Wildman–Crippen LogP) is 5.22. The molecule has 0 bridgehead atoms. The van der Waals surface area contributed by atoms with Crippen molar-refractivity contribution in [1.29, 1.82) is 0 Å². The van der Waals surface area contributed by atoms with Crippen LogP contribution in [-0.4, -0.2) is 37.1 Å². The van der Waals surface area contributed by atoms with E-state index < -0.39 is 0 Å². The lowest BCUT2D eigenvalue weighted by atomic mass is 10.0. The SMILES string of the molecule is COc1cccc(CN(C)C(=O)c2csc(-c3ccc(C(C)C)cc3)n2)c1OC. The minimum atomic E-state index is -0.129. The Labute approximate surface area is 175 Å². The molecule has 0 aliphatic rings. The second-order valence-corrected chi connectivity index (χ2v) is 7.99. The maximum atomic E-state index is 12.9. The highest BCUT2D eigenvalue weighted by Gasteiger charge is 2.19. The van der Waals surface area contributed by atoms with E-state index in [-0.39, 0.29) is 5.91 Å². The quantitative estimate of drug-likeness (QED) is 0.536. The highest BCUT2D eigenvalue weighted by Crippen LogP contribution is 2.32. The molecule has 2 aromatic carbocycles. The fraction of sp³-hybridized carbons (Fsp3) is 0.304. The van der Waals surface area contributed by atoms with Gasteiger partial charge in [-0.05, 0) is 17.5 Å². The van der Waals surface area contributed by atoms with Crippen LogP contribution in [0.3, 0.4) is 0 Å². The summed E-state index contributed by atoms with van der Waals surface area (Å²) in [6, 6.07) is 14.0. The van der Waals surface area contributed by atoms with Gasteiger partial charge in [0.1, 0.15) is 10.7 Å². The Kier molecular flexibility index (Phi) is 6.54. The number of rotatable bonds is 7.